The van der Waals surface area contributed by atoms with Gasteiger partial charge in [0.2, 0.25) is 0 Å². The minimum atomic E-state index is -0.610. The summed E-state index contributed by atoms with van der Waals surface area (Å²) in [7, 11) is 1.62. The number of para-hydroxylation sites is 1. The predicted octanol–water partition coefficient (Wildman–Crippen LogP) is 5.27. The number of ether oxygens (including phenoxy) is 3. The Bertz CT molecular complexity index is 881. The van der Waals surface area contributed by atoms with E-state index in [4.69, 9.17) is 14.2 Å². The van der Waals surface area contributed by atoms with E-state index in [0.717, 1.165) is 17.4 Å². The molecule has 146 valence electrons. The van der Waals surface area contributed by atoms with Gasteiger partial charge in [0.05, 0.1) is 19.8 Å². The number of hydrogen-bond acceptors (Lipinski definition) is 4. The molecule has 0 spiro atoms. The molecule has 0 aliphatic rings. The molecular weight excluding hydrogens is 359 g/mol. The van der Waals surface area contributed by atoms with Gasteiger partial charge in [-0.3, -0.25) is 0 Å². The molecule has 3 aromatic carbocycles. The molecule has 0 radical (unpaired) electrons. The normalized spacial score (nSPS) is 13.0. The number of hydrogen-bond donors (Lipinski definition) is 1. The summed E-state index contributed by atoms with van der Waals surface area (Å²) in [5, 5.41) is 10.2. The molecule has 2 atom stereocenters. The molecular formula is C23H23FO4. The fourth-order valence-electron chi connectivity index (χ4n) is 2.85. The molecule has 0 amide bonds. The fourth-order valence-corrected chi connectivity index (χ4v) is 2.85. The van der Waals surface area contributed by atoms with Gasteiger partial charge >= 0.3 is 0 Å². The smallest absolute Gasteiger partial charge is 0.153 e. The predicted molar refractivity (Wildman–Crippen MR) is 105 cm³/mol. The van der Waals surface area contributed by atoms with Gasteiger partial charge in [-0.05, 0) is 48.9 Å². The zero-order valence-corrected chi connectivity index (χ0v) is 15.8. The fraction of sp³-hybridized carbons (Fsp3) is 0.217. The Balaban J connectivity index is 1.78. The quantitative estimate of drug-likeness (QED) is 0.577. The number of halogens is 1. The van der Waals surface area contributed by atoms with E-state index in [1.807, 2.05) is 61.5 Å². The van der Waals surface area contributed by atoms with Crippen LogP contribution in [0.1, 0.15) is 24.2 Å². The number of phenols is 1. The van der Waals surface area contributed by atoms with Crippen LogP contribution in [0.3, 0.4) is 0 Å². The van der Waals surface area contributed by atoms with Crippen LogP contribution in [0.2, 0.25) is 0 Å². The summed E-state index contributed by atoms with van der Waals surface area (Å²) >= 11 is 0. The molecule has 0 bridgehead atoms. The van der Waals surface area contributed by atoms with Gasteiger partial charge in [-0.2, -0.15) is 0 Å². The van der Waals surface area contributed by atoms with Crippen molar-refractivity contribution in [2.45, 2.75) is 25.7 Å². The van der Waals surface area contributed by atoms with Crippen LogP contribution >= 0.6 is 0 Å². The number of benzene rings is 3. The lowest BCUT2D eigenvalue weighted by atomic mass is 10.0. The Morgan fingerprint density at radius 3 is 2.29 bits per heavy atom. The second-order valence-corrected chi connectivity index (χ2v) is 6.42. The van der Waals surface area contributed by atoms with Crippen molar-refractivity contribution in [3.8, 4) is 17.2 Å². The highest BCUT2D eigenvalue weighted by Gasteiger charge is 2.25. The molecule has 0 heterocycles. The van der Waals surface area contributed by atoms with Gasteiger partial charge in [-0.25, -0.2) is 4.39 Å². The van der Waals surface area contributed by atoms with Gasteiger partial charge in [0.1, 0.15) is 23.1 Å². The van der Waals surface area contributed by atoms with Crippen LogP contribution in [0.15, 0.2) is 72.8 Å². The van der Waals surface area contributed by atoms with E-state index in [-0.39, 0.29) is 5.75 Å². The van der Waals surface area contributed by atoms with E-state index in [2.05, 4.69) is 0 Å². The zero-order valence-electron chi connectivity index (χ0n) is 15.8. The molecule has 0 aromatic heterocycles. The Labute approximate surface area is 164 Å². The third kappa shape index (κ3) is 5.02. The van der Waals surface area contributed by atoms with Crippen molar-refractivity contribution in [2.75, 3.05) is 7.11 Å². The average Bonchev–Trinajstić information content (AvgIpc) is 2.72. The maximum Gasteiger partial charge on any atom is 0.153 e. The Morgan fingerprint density at radius 2 is 1.64 bits per heavy atom. The Morgan fingerprint density at radius 1 is 0.929 bits per heavy atom. The monoisotopic (exact) mass is 382 g/mol. The summed E-state index contributed by atoms with van der Waals surface area (Å²) in [5.41, 5.74) is 1.45. The SMILES string of the molecule is COc1ccc(CO[C@@H](C)[C@H](Oc2ccccc2)c2ccc(F)cc2O)cc1. The van der Waals surface area contributed by atoms with Crippen LogP contribution in [-0.2, 0) is 11.3 Å². The van der Waals surface area contributed by atoms with Crippen LogP contribution in [0, 0.1) is 5.82 Å². The highest BCUT2D eigenvalue weighted by molar-refractivity contribution is 5.36. The lowest BCUT2D eigenvalue weighted by molar-refractivity contribution is -0.0259. The average molecular weight is 382 g/mol. The van der Waals surface area contributed by atoms with E-state index in [1.165, 1.54) is 12.1 Å². The molecule has 1 N–H and O–H groups in total. The molecule has 0 fully saturated rings. The van der Waals surface area contributed by atoms with Crippen LogP contribution in [0.25, 0.3) is 0 Å². The van der Waals surface area contributed by atoms with E-state index in [9.17, 15) is 9.50 Å². The molecule has 4 nitrogen and oxygen atoms in total. The van der Waals surface area contributed by atoms with Gasteiger partial charge in [0, 0.05) is 11.6 Å². The summed E-state index contributed by atoms with van der Waals surface area (Å²) in [4.78, 5) is 0. The molecule has 0 unspecified atom stereocenters. The second-order valence-electron chi connectivity index (χ2n) is 6.42. The van der Waals surface area contributed by atoms with Crippen molar-refractivity contribution in [2.24, 2.45) is 0 Å². The van der Waals surface area contributed by atoms with Gasteiger partial charge < -0.3 is 19.3 Å². The highest BCUT2D eigenvalue weighted by Crippen LogP contribution is 2.33. The highest BCUT2D eigenvalue weighted by atomic mass is 19.1. The van der Waals surface area contributed by atoms with Crippen molar-refractivity contribution in [1.82, 2.24) is 0 Å². The number of methoxy groups -OCH3 is 1. The largest absolute Gasteiger partial charge is 0.507 e. The topological polar surface area (TPSA) is 47.9 Å². The molecule has 0 aliphatic carbocycles. The summed E-state index contributed by atoms with van der Waals surface area (Å²) in [6, 6.07) is 20.7. The van der Waals surface area contributed by atoms with Gasteiger partial charge in [0.25, 0.3) is 0 Å². The van der Waals surface area contributed by atoms with Crippen LogP contribution in [0.5, 0.6) is 17.2 Å². The van der Waals surface area contributed by atoms with Crippen LogP contribution < -0.4 is 9.47 Å². The lowest BCUT2D eigenvalue weighted by Gasteiger charge is -2.26. The molecule has 0 saturated carbocycles. The summed E-state index contributed by atoms with van der Waals surface area (Å²) in [6.07, 6.45) is -1.01. The maximum atomic E-state index is 13.4. The maximum absolute atomic E-state index is 13.4. The van der Waals surface area contributed by atoms with E-state index < -0.39 is 18.0 Å². The first kappa shape index (κ1) is 19.7. The van der Waals surface area contributed by atoms with Crippen LogP contribution in [-0.4, -0.2) is 18.3 Å². The summed E-state index contributed by atoms with van der Waals surface area (Å²) in [5.74, 6) is 0.738. The third-order valence-electron chi connectivity index (χ3n) is 4.40. The second kappa shape index (κ2) is 9.24. The molecule has 3 aromatic rings. The molecule has 28 heavy (non-hydrogen) atoms. The van der Waals surface area contributed by atoms with E-state index >= 15 is 0 Å². The first-order valence-corrected chi connectivity index (χ1v) is 9.01. The number of phenolic OH excluding ortho intramolecular Hbond substituents is 1. The minimum absolute atomic E-state index is 0.166. The first-order valence-electron chi connectivity index (χ1n) is 9.01. The number of aromatic hydroxyl groups is 1. The standard InChI is InChI=1S/C23H23FO4/c1-16(27-15-17-8-11-19(26-2)12-9-17)23(28-20-6-4-3-5-7-20)21-13-10-18(24)14-22(21)25/h3-14,16,23,25H,15H2,1-2H3/t16-,23-/m0/s1. The molecule has 0 saturated heterocycles. The van der Waals surface area contributed by atoms with Gasteiger partial charge in [-0.15, -0.1) is 0 Å². The van der Waals surface area contributed by atoms with Crippen molar-refractivity contribution in [3.05, 3.63) is 89.7 Å². The van der Waals surface area contributed by atoms with E-state index in [0.29, 0.717) is 17.9 Å². The third-order valence-corrected chi connectivity index (χ3v) is 4.40. The van der Waals surface area contributed by atoms with Crippen molar-refractivity contribution in [1.29, 1.82) is 0 Å². The summed E-state index contributed by atoms with van der Waals surface area (Å²) < 4.78 is 30.7. The molecule has 0 aliphatic heterocycles. The van der Waals surface area contributed by atoms with Crippen molar-refractivity contribution in [3.63, 3.8) is 0 Å². The lowest BCUT2D eigenvalue weighted by Crippen LogP contribution is -2.24. The van der Waals surface area contributed by atoms with Crippen molar-refractivity contribution < 1.29 is 23.7 Å². The van der Waals surface area contributed by atoms with E-state index in [1.54, 1.807) is 7.11 Å². The zero-order chi connectivity index (χ0) is 19.9. The summed E-state index contributed by atoms with van der Waals surface area (Å²) in [6.45, 7) is 2.22. The number of rotatable bonds is 8. The first-order chi connectivity index (χ1) is 13.6. The Kier molecular flexibility index (Phi) is 6.50. The molecule has 3 rings (SSSR count). The Hall–Kier alpha value is -3.05. The van der Waals surface area contributed by atoms with Gasteiger partial charge in [0.15, 0.2) is 6.10 Å². The van der Waals surface area contributed by atoms with Gasteiger partial charge in [-0.1, -0.05) is 30.3 Å². The minimum Gasteiger partial charge on any atom is -0.507 e. The van der Waals surface area contributed by atoms with Crippen LogP contribution in [0.4, 0.5) is 4.39 Å². The van der Waals surface area contributed by atoms with Crippen molar-refractivity contribution >= 4 is 0 Å². The molecule has 5 heteroatoms.